The lowest BCUT2D eigenvalue weighted by atomic mass is 9.89. The van der Waals surface area contributed by atoms with E-state index in [1.807, 2.05) is 109 Å². The van der Waals surface area contributed by atoms with Crippen molar-refractivity contribution in [1.29, 1.82) is 0 Å². The summed E-state index contributed by atoms with van der Waals surface area (Å²) < 4.78 is 60.1. The number of carboxylic acid groups (broad SMARTS) is 2. The van der Waals surface area contributed by atoms with Gasteiger partial charge >= 0.3 is 11.9 Å². The van der Waals surface area contributed by atoms with Crippen LogP contribution in [0.25, 0.3) is 0 Å². The van der Waals surface area contributed by atoms with Crippen molar-refractivity contribution in [3.05, 3.63) is 196 Å². The third-order valence-electron chi connectivity index (χ3n) is 14.6. The van der Waals surface area contributed by atoms with Gasteiger partial charge in [-0.15, -0.1) is 0 Å². The summed E-state index contributed by atoms with van der Waals surface area (Å²) in [5.74, 6) is -4.92. The molecule has 2 aliphatic carbocycles. The third kappa shape index (κ3) is 11.8. The maximum Gasteiger partial charge on any atom is 0.326 e. The van der Waals surface area contributed by atoms with Gasteiger partial charge in [-0.3, -0.25) is 9.59 Å². The van der Waals surface area contributed by atoms with Crippen LogP contribution in [-0.4, -0.2) is 80.1 Å². The van der Waals surface area contributed by atoms with Crippen molar-refractivity contribution in [2.75, 3.05) is 0 Å². The molecule has 10 rings (SSSR count). The van der Waals surface area contributed by atoms with Crippen molar-refractivity contribution >= 4 is 23.8 Å². The molecule has 2 amide bonds. The lowest BCUT2D eigenvalue weighted by Crippen LogP contribution is -2.51. The van der Waals surface area contributed by atoms with Crippen LogP contribution >= 0.6 is 0 Å². The number of hydrogen-bond donors (Lipinski definition) is 2. The van der Waals surface area contributed by atoms with E-state index >= 15 is 0 Å². The molecule has 15 heteroatoms. The van der Waals surface area contributed by atoms with Gasteiger partial charge < -0.3 is 43.7 Å². The minimum Gasteiger partial charge on any atom is -0.490 e. The van der Waals surface area contributed by atoms with Gasteiger partial charge in [0.05, 0.1) is 18.3 Å². The topological polar surface area (TPSA) is 161 Å². The van der Waals surface area contributed by atoms with E-state index < -0.39 is 72.9 Å². The zero-order chi connectivity index (χ0) is 52.1. The number of aliphatic carboxylic acids is 2. The summed E-state index contributed by atoms with van der Waals surface area (Å²) in [6.45, 7) is 0.413. The molecule has 2 saturated carbocycles. The fourth-order valence-electron chi connectivity index (χ4n) is 10.6. The number of alkyl halides is 2. The van der Waals surface area contributed by atoms with E-state index in [9.17, 15) is 38.2 Å². The monoisotopic (exact) mass is 1020 g/mol. The minimum atomic E-state index is -2.90. The Balaban J connectivity index is 0.858. The molecule has 6 aromatic rings. The summed E-state index contributed by atoms with van der Waals surface area (Å²) in [7, 11) is 0. The Hall–Kier alpha value is -7.62. The van der Waals surface area contributed by atoms with Gasteiger partial charge in [-0.25, -0.2) is 18.4 Å². The molecular formula is C60H58F2N2O11. The number of ether oxygens (including phenoxy) is 5. The van der Waals surface area contributed by atoms with Gasteiger partial charge in [-0.05, 0) is 71.2 Å². The van der Waals surface area contributed by atoms with Crippen molar-refractivity contribution < 1.29 is 61.9 Å². The molecule has 2 N–H and O–H groups in total. The molecule has 0 bridgehead atoms. The zero-order valence-corrected chi connectivity index (χ0v) is 41.2. The van der Waals surface area contributed by atoms with Gasteiger partial charge in [0.2, 0.25) is 0 Å². The molecule has 2 heterocycles. The van der Waals surface area contributed by atoms with Crippen LogP contribution in [0.2, 0.25) is 0 Å². The Kier molecular flexibility index (Phi) is 15.2. The quantitative estimate of drug-likeness (QED) is 0.0843. The van der Waals surface area contributed by atoms with Crippen LogP contribution in [0.1, 0.15) is 95.2 Å². The highest BCUT2D eigenvalue weighted by Crippen LogP contribution is 2.44. The summed E-state index contributed by atoms with van der Waals surface area (Å²) >= 11 is 0. The molecule has 388 valence electrons. The molecule has 4 unspecified atom stereocenters. The largest absolute Gasteiger partial charge is 0.490 e. The van der Waals surface area contributed by atoms with Gasteiger partial charge in [0, 0.05) is 56.0 Å². The van der Waals surface area contributed by atoms with Crippen LogP contribution in [0.5, 0.6) is 17.2 Å². The van der Waals surface area contributed by atoms with Crippen molar-refractivity contribution in [2.45, 2.75) is 126 Å². The predicted molar refractivity (Wildman–Crippen MR) is 271 cm³/mol. The first-order valence-electron chi connectivity index (χ1n) is 25.5. The first kappa shape index (κ1) is 50.9. The maximum absolute atomic E-state index is 14.8. The zero-order valence-electron chi connectivity index (χ0n) is 41.2. The average Bonchev–Trinajstić information content (AvgIpc) is 3.43. The molecule has 2 fully saturated rings. The number of fused-ring (bicyclic) bond motifs is 2. The molecule has 0 spiro atoms. The number of benzene rings is 6. The van der Waals surface area contributed by atoms with Crippen LogP contribution < -0.4 is 14.2 Å². The SMILES string of the molecule is O=C(O)C1Cc2c(cccc2OCc2ccccc2)CN1C(=O)C(OC1CCC(Oc2cc3c(c(OCc4ccccc4)c2)CC(C(=O)O)N(C(=O)C(OC2CC(F)(F)C2)c2ccccc2)C3)CC1)c1ccccc1. The van der Waals surface area contributed by atoms with Gasteiger partial charge in [-0.2, -0.15) is 0 Å². The predicted octanol–water partition coefficient (Wildman–Crippen LogP) is 10.2. The highest BCUT2D eigenvalue weighted by molar-refractivity contribution is 5.89. The van der Waals surface area contributed by atoms with Gasteiger partial charge in [0.25, 0.3) is 17.7 Å². The molecule has 75 heavy (non-hydrogen) atoms. The number of carbonyl (C=O) groups excluding carboxylic acids is 2. The summed E-state index contributed by atoms with van der Waals surface area (Å²) in [4.78, 5) is 58.0. The van der Waals surface area contributed by atoms with Gasteiger partial charge in [-0.1, -0.05) is 133 Å². The number of halogens is 2. The van der Waals surface area contributed by atoms with Gasteiger partial charge in [0.1, 0.15) is 42.5 Å². The molecule has 4 atom stereocenters. The molecule has 0 aromatic heterocycles. The number of carbonyl (C=O) groups is 4. The standard InChI is InChI=1S/C60H58F2N2O11/c61-60(62)32-47(33-60)75-55(41-20-11-4-12-21-41)57(66)64-35-43-28-46(29-53(49(43)31-51(64)59(69)70)72-37-39-16-7-2-8-17-39)73-44-24-26-45(27-25-44)74-54(40-18-9-3-10-19-40)56(65)63-34-42-22-13-23-52(48(42)30-50(63)58(67)68)71-36-38-14-5-1-6-15-38/h1-23,28-29,44-45,47,50-51,54-55H,24-27,30-37H2,(H,67,68)(H,69,70). The molecule has 0 radical (unpaired) electrons. The Labute approximate surface area is 433 Å². The average molecular weight is 1020 g/mol. The molecular weight excluding hydrogens is 963 g/mol. The van der Waals surface area contributed by atoms with Crippen LogP contribution in [0, 0.1) is 0 Å². The highest BCUT2D eigenvalue weighted by Gasteiger charge is 2.49. The molecule has 6 aromatic carbocycles. The number of carboxylic acids is 2. The Morgan fingerprint density at radius 3 is 1.49 bits per heavy atom. The Morgan fingerprint density at radius 2 is 0.987 bits per heavy atom. The smallest absolute Gasteiger partial charge is 0.326 e. The van der Waals surface area contributed by atoms with Crippen molar-refractivity contribution in [1.82, 2.24) is 9.80 Å². The van der Waals surface area contributed by atoms with E-state index in [2.05, 4.69) is 0 Å². The van der Waals surface area contributed by atoms with E-state index in [1.54, 1.807) is 42.5 Å². The molecule has 0 saturated heterocycles. The molecule has 4 aliphatic rings. The van der Waals surface area contributed by atoms with Crippen molar-refractivity contribution in [2.24, 2.45) is 0 Å². The fraction of sp³-hybridized carbons (Fsp3) is 0.333. The Morgan fingerprint density at radius 1 is 0.533 bits per heavy atom. The lowest BCUT2D eigenvalue weighted by Gasteiger charge is -2.40. The maximum atomic E-state index is 14.8. The van der Waals surface area contributed by atoms with Crippen molar-refractivity contribution in [3.63, 3.8) is 0 Å². The molecule has 13 nitrogen and oxygen atoms in total. The molecule has 2 aliphatic heterocycles. The third-order valence-corrected chi connectivity index (χ3v) is 14.6. The number of hydrogen-bond acceptors (Lipinski definition) is 9. The van der Waals surface area contributed by atoms with E-state index in [1.165, 1.54) is 9.80 Å². The summed E-state index contributed by atoms with van der Waals surface area (Å²) in [6, 6.07) is 43.5. The number of amides is 2. The van der Waals surface area contributed by atoms with E-state index in [4.69, 9.17) is 23.7 Å². The number of nitrogens with zero attached hydrogens (tertiary/aromatic N) is 2. The normalized spacial score (nSPS) is 20.8. The summed E-state index contributed by atoms with van der Waals surface area (Å²) in [6.07, 6.45) is -2.91. The second-order valence-corrected chi connectivity index (χ2v) is 19.8. The lowest BCUT2D eigenvalue weighted by molar-refractivity contribution is -0.193. The fourth-order valence-corrected chi connectivity index (χ4v) is 10.6. The van der Waals surface area contributed by atoms with E-state index in [-0.39, 0.29) is 44.7 Å². The second-order valence-electron chi connectivity index (χ2n) is 19.8. The van der Waals surface area contributed by atoms with E-state index in [0.29, 0.717) is 71.8 Å². The van der Waals surface area contributed by atoms with Gasteiger partial charge in [0.15, 0.2) is 12.2 Å². The summed E-state index contributed by atoms with van der Waals surface area (Å²) in [5.41, 5.74) is 5.68. The Bertz CT molecular complexity index is 2970. The van der Waals surface area contributed by atoms with Crippen LogP contribution in [0.15, 0.2) is 152 Å². The minimum absolute atomic E-state index is 0.0605. The highest BCUT2D eigenvalue weighted by atomic mass is 19.3. The van der Waals surface area contributed by atoms with Crippen LogP contribution in [0.4, 0.5) is 8.78 Å². The summed E-state index contributed by atoms with van der Waals surface area (Å²) in [5, 5.41) is 21.2. The first-order chi connectivity index (χ1) is 36.4. The van der Waals surface area contributed by atoms with E-state index in [0.717, 1.165) is 22.3 Å². The second kappa shape index (κ2) is 22.5. The van der Waals surface area contributed by atoms with Crippen molar-refractivity contribution in [3.8, 4) is 17.2 Å². The first-order valence-corrected chi connectivity index (χ1v) is 25.5. The number of rotatable bonds is 18. The van der Waals surface area contributed by atoms with Crippen LogP contribution in [-0.2, 0) is 67.8 Å². The van der Waals surface area contributed by atoms with Crippen LogP contribution in [0.3, 0.4) is 0 Å².